The highest BCUT2D eigenvalue weighted by molar-refractivity contribution is 5.98. The normalized spacial score (nSPS) is 20.2. The summed E-state index contributed by atoms with van der Waals surface area (Å²) in [6.45, 7) is 0.871. The van der Waals surface area contributed by atoms with Crippen molar-refractivity contribution < 1.29 is 24.2 Å². The van der Waals surface area contributed by atoms with Crippen molar-refractivity contribution in [3.8, 4) is 5.88 Å². The summed E-state index contributed by atoms with van der Waals surface area (Å²) in [4.78, 5) is 26.4. The minimum atomic E-state index is -0.926. The van der Waals surface area contributed by atoms with Gasteiger partial charge in [-0.1, -0.05) is 0 Å². The van der Waals surface area contributed by atoms with E-state index in [1.807, 2.05) is 0 Å². The van der Waals surface area contributed by atoms with Crippen LogP contribution in [0.15, 0.2) is 18.3 Å². The minimum absolute atomic E-state index is 0.285. The molecule has 0 aromatic carbocycles. The molecular formula is C13H16N2O5. The molecule has 20 heavy (non-hydrogen) atoms. The Morgan fingerprint density at radius 2 is 2.20 bits per heavy atom. The Bertz CT molecular complexity index is 488. The van der Waals surface area contributed by atoms with Crippen LogP contribution in [-0.4, -0.2) is 42.3 Å². The van der Waals surface area contributed by atoms with E-state index in [0.29, 0.717) is 31.2 Å². The van der Waals surface area contributed by atoms with Crippen LogP contribution in [-0.2, 0) is 14.3 Å². The Balaban J connectivity index is 1.82. The Kier molecular flexibility index (Phi) is 4.52. The SMILES string of the molecule is COCCOc1ccc(NC(=O)C2CC2C(=O)O)cn1. The maximum absolute atomic E-state index is 11.7. The van der Waals surface area contributed by atoms with Gasteiger partial charge in [-0.2, -0.15) is 0 Å². The zero-order valence-electron chi connectivity index (χ0n) is 11.0. The molecule has 7 nitrogen and oxygen atoms in total. The highest BCUT2D eigenvalue weighted by atomic mass is 16.5. The molecule has 2 unspecified atom stereocenters. The number of carboxylic acids is 1. The van der Waals surface area contributed by atoms with Crippen molar-refractivity contribution in [3.05, 3.63) is 18.3 Å². The minimum Gasteiger partial charge on any atom is -0.481 e. The number of aromatic nitrogens is 1. The first-order valence-electron chi connectivity index (χ1n) is 6.23. The predicted molar refractivity (Wildman–Crippen MR) is 69.5 cm³/mol. The van der Waals surface area contributed by atoms with Crippen LogP contribution >= 0.6 is 0 Å². The third-order valence-corrected chi connectivity index (χ3v) is 2.99. The first-order chi connectivity index (χ1) is 9.61. The average Bonchev–Trinajstić information content (AvgIpc) is 3.21. The Morgan fingerprint density at radius 1 is 1.40 bits per heavy atom. The molecular weight excluding hydrogens is 264 g/mol. The molecule has 0 aliphatic heterocycles. The van der Waals surface area contributed by atoms with Gasteiger partial charge in [0.05, 0.1) is 30.3 Å². The number of aliphatic carboxylic acids is 1. The van der Waals surface area contributed by atoms with Gasteiger partial charge in [0, 0.05) is 13.2 Å². The van der Waals surface area contributed by atoms with Crippen LogP contribution in [0.1, 0.15) is 6.42 Å². The van der Waals surface area contributed by atoms with E-state index in [0.717, 1.165) is 0 Å². The van der Waals surface area contributed by atoms with E-state index in [1.165, 1.54) is 6.20 Å². The summed E-state index contributed by atoms with van der Waals surface area (Å²) in [6, 6.07) is 3.29. The zero-order valence-corrected chi connectivity index (χ0v) is 11.0. The second-order valence-corrected chi connectivity index (χ2v) is 4.50. The Hall–Kier alpha value is -2.15. The summed E-state index contributed by atoms with van der Waals surface area (Å²) in [5.74, 6) is -1.77. The second kappa shape index (κ2) is 6.33. The monoisotopic (exact) mass is 280 g/mol. The number of amides is 1. The van der Waals surface area contributed by atoms with Crippen LogP contribution in [0, 0.1) is 11.8 Å². The van der Waals surface area contributed by atoms with Gasteiger partial charge in [0.25, 0.3) is 0 Å². The number of pyridine rings is 1. The number of carbonyl (C=O) groups is 2. The van der Waals surface area contributed by atoms with E-state index in [4.69, 9.17) is 14.6 Å². The van der Waals surface area contributed by atoms with E-state index in [1.54, 1.807) is 19.2 Å². The largest absolute Gasteiger partial charge is 0.481 e. The maximum atomic E-state index is 11.7. The van der Waals surface area contributed by atoms with Crippen LogP contribution in [0.4, 0.5) is 5.69 Å². The molecule has 1 saturated carbocycles. The number of rotatable bonds is 7. The molecule has 0 radical (unpaired) electrons. The van der Waals surface area contributed by atoms with Crippen LogP contribution in [0.25, 0.3) is 0 Å². The third kappa shape index (κ3) is 3.67. The number of carboxylic acid groups (broad SMARTS) is 1. The first kappa shape index (κ1) is 14.3. The predicted octanol–water partition coefficient (Wildman–Crippen LogP) is 0.766. The Morgan fingerprint density at radius 3 is 2.75 bits per heavy atom. The summed E-state index contributed by atoms with van der Waals surface area (Å²) in [7, 11) is 1.58. The van der Waals surface area contributed by atoms with Gasteiger partial charge in [-0.15, -0.1) is 0 Å². The van der Waals surface area contributed by atoms with Gasteiger partial charge in [-0.05, 0) is 12.5 Å². The number of hydrogen-bond donors (Lipinski definition) is 2. The highest BCUT2D eigenvalue weighted by Gasteiger charge is 2.48. The van der Waals surface area contributed by atoms with Gasteiger partial charge in [-0.25, -0.2) is 4.98 Å². The fourth-order valence-electron chi connectivity index (χ4n) is 1.76. The summed E-state index contributed by atoms with van der Waals surface area (Å²) >= 11 is 0. The molecule has 2 rings (SSSR count). The number of carbonyl (C=O) groups excluding carboxylic acids is 1. The van der Waals surface area contributed by atoms with Gasteiger partial charge < -0.3 is 19.9 Å². The highest BCUT2D eigenvalue weighted by Crippen LogP contribution is 2.39. The standard InChI is InChI=1S/C13H16N2O5/c1-19-4-5-20-11-3-2-8(7-14-11)15-12(16)9-6-10(9)13(17)18/h2-3,7,9-10H,4-6H2,1H3,(H,15,16)(H,17,18). The lowest BCUT2D eigenvalue weighted by Gasteiger charge is -2.06. The number of ether oxygens (including phenoxy) is 2. The number of methoxy groups -OCH3 is 1. The van der Waals surface area contributed by atoms with Crippen molar-refractivity contribution in [2.45, 2.75) is 6.42 Å². The summed E-state index contributed by atoms with van der Waals surface area (Å²) in [5, 5.41) is 11.4. The van der Waals surface area contributed by atoms with Gasteiger partial charge >= 0.3 is 5.97 Å². The number of nitrogens with zero attached hydrogens (tertiary/aromatic N) is 1. The van der Waals surface area contributed by atoms with Crippen LogP contribution in [0.2, 0.25) is 0 Å². The molecule has 0 spiro atoms. The average molecular weight is 280 g/mol. The molecule has 1 heterocycles. The van der Waals surface area contributed by atoms with E-state index >= 15 is 0 Å². The lowest BCUT2D eigenvalue weighted by Crippen LogP contribution is -2.17. The molecule has 1 fully saturated rings. The molecule has 108 valence electrons. The van der Waals surface area contributed by atoms with Crippen LogP contribution < -0.4 is 10.1 Å². The molecule has 2 N–H and O–H groups in total. The summed E-state index contributed by atoms with van der Waals surface area (Å²) < 4.78 is 10.1. The van der Waals surface area contributed by atoms with Crippen molar-refractivity contribution in [1.29, 1.82) is 0 Å². The fraction of sp³-hybridized carbons (Fsp3) is 0.462. The molecule has 0 bridgehead atoms. The number of anilines is 1. The molecule has 1 aliphatic carbocycles. The van der Waals surface area contributed by atoms with E-state index in [-0.39, 0.29) is 5.91 Å². The van der Waals surface area contributed by atoms with E-state index < -0.39 is 17.8 Å². The molecule has 1 aliphatic rings. The van der Waals surface area contributed by atoms with Crippen molar-refractivity contribution >= 4 is 17.6 Å². The topological polar surface area (TPSA) is 97.8 Å². The van der Waals surface area contributed by atoms with Gasteiger partial charge in [0.2, 0.25) is 11.8 Å². The Labute approximate surface area is 115 Å². The summed E-state index contributed by atoms with van der Waals surface area (Å²) in [5.41, 5.74) is 0.519. The number of nitrogens with one attached hydrogen (secondary N) is 1. The van der Waals surface area contributed by atoms with Crippen molar-refractivity contribution in [1.82, 2.24) is 4.98 Å². The summed E-state index contributed by atoms with van der Waals surface area (Å²) in [6.07, 6.45) is 1.87. The maximum Gasteiger partial charge on any atom is 0.307 e. The number of hydrogen-bond acceptors (Lipinski definition) is 5. The third-order valence-electron chi connectivity index (χ3n) is 2.99. The van der Waals surface area contributed by atoms with Crippen molar-refractivity contribution in [2.24, 2.45) is 11.8 Å². The second-order valence-electron chi connectivity index (χ2n) is 4.50. The van der Waals surface area contributed by atoms with Gasteiger partial charge in [-0.3, -0.25) is 9.59 Å². The van der Waals surface area contributed by atoms with E-state index in [2.05, 4.69) is 10.3 Å². The molecule has 1 amide bonds. The molecule has 0 saturated heterocycles. The molecule has 7 heteroatoms. The zero-order chi connectivity index (χ0) is 14.5. The lowest BCUT2D eigenvalue weighted by molar-refractivity contribution is -0.139. The lowest BCUT2D eigenvalue weighted by atomic mass is 10.3. The van der Waals surface area contributed by atoms with Crippen LogP contribution in [0.3, 0.4) is 0 Å². The molecule has 2 atom stereocenters. The quantitative estimate of drug-likeness (QED) is 0.716. The smallest absolute Gasteiger partial charge is 0.307 e. The first-order valence-corrected chi connectivity index (χ1v) is 6.23. The molecule has 1 aromatic heterocycles. The molecule has 1 aromatic rings. The van der Waals surface area contributed by atoms with Gasteiger partial charge in [0.15, 0.2) is 0 Å². The van der Waals surface area contributed by atoms with E-state index in [9.17, 15) is 9.59 Å². The van der Waals surface area contributed by atoms with Crippen molar-refractivity contribution in [2.75, 3.05) is 25.6 Å². The fourth-order valence-corrected chi connectivity index (χ4v) is 1.76. The van der Waals surface area contributed by atoms with Gasteiger partial charge in [0.1, 0.15) is 6.61 Å². The van der Waals surface area contributed by atoms with Crippen molar-refractivity contribution in [3.63, 3.8) is 0 Å². The van der Waals surface area contributed by atoms with Crippen LogP contribution in [0.5, 0.6) is 5.88 Å².